The van der Waals surface area contributed by atoms with Crippen molar-refractivity contribution in [3.8, 4) is 0 Å². The molecular formula is C8H17ClSi. The van der Waals surface area contributed by atoms with Crippen molar-refractivity contribution < 1.29 is 0 Å². The lowest BCUT2D eigenvalue weighted by Crippen LogP contribution is -2.19. The van der Waals surface area contributed by atoms with E-state index in [2.05, 4.69) is 19.6 Å². The molecule has 0 bridgehead atoms. The van der Waals surface area contributed by atoms with E-state index >= 15 is 0 Å². The Bertz CT molecular complexity index is 117. The first-order valence-electron chi connectivity index (χ1n) is 4.13. The molecule has 2 atom stereocenters. The van der Waals surface area contributed by atoms with Gasteiger partial charge < -0.3 is 0 Å². The Hall–Kier alpha value is 0.507. The molecule has 2 unspecified atom stereocenters. The summed E-state index contributed by atoms with van der Waals surface area (Å²) in [5.41, 5.74) is 0. The highest BCUT2D eigenvalue weighted by Gasteiger charge is 2.35. The van der Waals surface area contributed by atoms with E-state index in [-0.39, 0.29) is 0 Å². The van der Waals surface area contributed by atoms with Gasteiger partial charge in [-0.25, -0.2) is 0 Å². The van der Waals surface area contributed by atoms with Crippen LogP contribution in [-0.4, -0.2) is 13.5 Å². The van der Waals surface area contributed by atoms with Gasteiger partial charge in [0.05, 0.1) is 0 Å². The minimum Gasteiger partial charge on any atom is -0.123 e. The highest BCUT2D eigenvalue weighted by Crippen LogP contribution is 2.40. The molecule has 1 saturated carbocycles. The van der Waals surface area contributed by atoms with E-state index in [1.807, 2.05) is 0 Å². The van der Waals surface area contributed by atoms with Gasteiger partial charge in [0.25, 0.3) is 0 Å². The van der Waals surface area contributed by atoms with Gasteiger partial charge in [0.1, 0.15) is 0 Å². The lowest BCUT2D eigenvalue weighted by atomic mass is 10.3. The molecule has 0 aromatic carbocycles. The maximum absolute atomic E-state index is 5.90. The minimum atomic E-state index is -0.768. The van der Waals surface area contributed by atoms with E-state index in [0.717, 1.165) is 5.92 Å². The molecule has 2 heteroatoms. The molecule has 60 valence electrons. The Morgan fingerprint density at radius 2 is 1.90 bits per heavy atom. The van der Waals surface area contributed by atoms with Gasteiger partial charge in [0, 0.05) is 13.5 Å². The fraction of sp³-hybridized carbons (Fsp3) is 1.00. The summed E-state index contributed by atoms with van der Waals surface area (Å²) in [6.45, 7) is 7.29. The second-order valence-electron chi connectivity index (χ2n) is 4.61. The zero-order valence-electron chi connectivity index (χ0n) is 7.15. The van der Waals surface area contributed by atoms with Crippen molar-refractivity contribution in [1.82, 2.24) is 0 Å². The molecule has 0 aromatic heterocycles. The lowest BCUT2D eigenvalue weighted by molar-refractivity contribution is 0.788. The maximum atomic E-state index is 5.90. The highest BCUT2D eigenvalue weighted by molar-refractivity contribution is 6.76. The van der Waals surface area contributed by atoms with Crippen LogP contribution in [-0.2, 0) is 0 Å². The molecule has 0 amide bonds. The summed E-state index contributed by atoms with van der Waals surface area (Å²) < 4.78 is 0. The average molecular weight is 177 g/mol. The molecule has 1 rings (SSSR count). The largest absolute Gasteiger partial charge is 0.123 e. The molecular weight excluding hydrogens is 160 g/mol. The third-order valence-corrected chi connectivity index (χ3v) is 4.42. The third kappa shape index (κ3) is 3.06. The van der Waals surface area contributed by atoms with E-state index in [0.29, 0.717) is 5.38 Å². The first-order chi connectivity index (χ1) is 4.49. The molecule has 0 nitrogen and oxygen atoms in total. The van der Waals surface area contributed by atoms with Gasteiger partial charge in [-0.2, -0.15) is 0 Å². The van der Waals surface area contributed by atoms with Crippen molar-refractivity contribution in [2.24, 2.45) is 5.92 Å². The first kappa shape index (κ1) is 8.60. The van der Waals surface area contributed by atoms with E-state index in [9.17, 15) is 0 Å². The summed E-state index contributed by atoms with van der Waals surface area (Å²) in [5.74, 6) is 0.883. The Labute approximate surface area is 70.0 Å². The summed E-state index contributed by atoms with van der Waals surface area (Å²) in [7, 11) is -0.768. The van der Waals surface area contributed by atoms with Crippen molar-refractivity contribution in [2.75, 3.05) is 0 Å². The van der Waals surface area contributed by atoms with Gasteiger partial charge in [-0.15, -0.1) is 11.6 Å². The molecule has 10 heavy (non-hydrogen) atoms. The van der Waals surface area contributed by atoms with E-state index in [1.54, 1.807) is 0 Å². The molecule has 1 aliphatic carbocycles. The number of halogens is 1. The monoisotopic (exact) mass is 176 g/mol. The van der Waals surface area contributed by atoms with Gasteiger partial charge in [0.15, 0.2) is 0 Å². The van der Waals surface area contributed by atoms with Gasteiger partial charge >= 0.3 is 0 Å². The second kappa shape index (κ2) is 2.86. The van der Waals surface area contributed by atoms with Gasteiger partial charge in [0.2, 0.25) is 0 Å². The molecule has 0 saturated heterocycles. The number of rotatable bonds is 3. The van der Waals surface area contributed by atoms with Gasteiger partial charge in [-0.3, -0.25) is 0 Å². The molecule has 0 aliphatic heterocycles. The molecule has 0 N–H and O–H groups in total. The van der Waals surface area contributed by atoms with E-state index in [1.165, 1.54) is 18.9 Å². The zero-order chi connectivity index (χ0) is 7.78. The Balaban J connectivity index is 2.06. The van der Waals surface area contributed by atoms with Gasteiger partial charge in [-0.1, -0.05) is 32.1 Å². The molecule has 0 heterocycles. The minimum absolute atomic E-state index is 0.538. The van der Waals surface area contributed by atoms with Crippen LogP contribution in [0.25, 0.3) is 0 Å². The summed E-state index contributed by atoms with van der Waals surface area (Å²) >= 11 is 5.90. The summed E-state index contributed by atoms with van der Waals surface area (Å²) in [5, 5.41) is 0.538. The topological polar surface area (TPSA) is 0 Å². The predicted octanol–water partition coefficient (Wildman–Crippen LogP) is 3.34. The number of hydrogen-bond donors (Lipinski definition) is 0. The van der Waals surface area contributed by atoms with Crippen molar-refractivity contribution in [3.63, 3.8) is 0 Å². The van der Waals surface area contributed by atoms with Crippen molar-refractivity contribution in [1.29, 1.82) is 0 Å². The molecule has 1 fully saturated rings. The van der Waals surface area contributed by atoms with Crippen LogP contribution >= 0.6 is 11.6 Å². The second-order valence-corrected chi connectivity index (χ2v) is 10.8. The normalized spacial score (nSPS) is 32.4. The van der Waals surface area contributed by atoms with Gasteiger partial charge in [-0.05, 0) is 12.3 Å². The number of alkyl halides is 1. The Morgan fingerprint density at radius 3 is 2.20 bits per heavy atom. The Morgan fingerprint density at radius 1 is 1.40 bits per heavy atom. The average Bonchev–Trinajstić information content (AvgIpc) is 2.40. The van der Waals surface area contributed by atoms with Crippen LogP contribution in [0.3, 0.4) is 0 Å². The zero-order valence-corrected chi connectivity index (χ0v) is 8.91. The fourth-order valence-corrected chi connectivity index (χ4v) is 2.72. The van der Waals surface area contributed by atoms with E-state index < -0.39 is 8.07 Å². The van der Waals surface area contributed by atoms with Crippen LogP contribution in [0, 0.1) is 5.92 Å². The van der Waals surface area contributed by atoms with E-state index in [4.69, 9.17) is 11.6 Å². The van der Waals surface area contributed by atoms with Crippen LogP contribution in [0.4, 0.5) is 0 Å². The summed E-state index contributed by atoms with van der Waals surface area (Å²) in [6.07, 6.45) is 2.68. The van der Waals surface area contributed by atoms with Crippen LogP contribution in [0.5, 0.6) is 0 Å². The summed E-state index contributed by atoms with van der Waals surface area (Å²) in [6, 6.07) is 1.46. The standard InChI is InChI=1S/C8H17ClSi/c1-10(2,3)5-4-7-6-8(7)9/h7-8H,4-6H2,1-3H3. The first-order valence-corrected chi connectivity index (χ1v) is 8.27. The van der Waals surface area contributed by atoms with Crippen LogP contribution in [0.15, 0.2) is 0 Å². The molecule has 1 aliphatic rings. The summed E-state index contributed by atoms with van der Waals surface area (Å²) in [4.78, 5) is 0. The van der Waals surface area contributed by atoms with Crippen LogP contribution < -0.4 is 0 Å². The Kier molecular flexibility index (Phi) is 2.46. The maximum Gasteiger partial charge on any atom is 0.0442 e. The molecule has 0 radical (unpaired) electrons. The SMILES string of the molecule is C[Si](C)(C)CCC1CC1Cl. The smallest absolute Gasteiger partial charge is 0.0442 e. The molecule has 0 spiro atoms. The third-order valence-electron chi connectivity index (χ3n) is 2.10. The highest BCUT2D eigenvalue weighted by atomic mass is 35.5. The molecule has 0 aromatic rings. The predicted molar refractivity (Wildman–Crippen MR) is 50.5 cm³/mol. The lowest BCUT2D eigenvalue weighted by Gasteiger charge is -2.14. The van der Waals surface area contributed by atoms with Crippen molar-refractivity contribution >= 4 is 19.7 Å². The van der Waals surface area contributed by atoms with Crippen molar-refractivity contribution in [2.45, 2.75) is 43.9 Å². The number of hydrogen-bond acceptors (Lipinski definition) is 0. The quantitative estimate of drug-likeness (QED) is 0.457. The van der Waals surface area contributed by atoms with Crippen molar-refractivity contribution in [3.05, 3.63) is 0 Å². The van der Waals surface area contributed by atoms with Crippen LogP contribution in [0.2, 0.25) is 25.7 Å². The fourth-order valence-electron chi connectivity index (χ4n) is 1.13. The van der Waals surface area contributed by atoms with Crippen LogP contribution in [0.1, 0.15) is 12.8 Å².